The fourth-order valence-corrected chi connectivity index (χ4v) is 2.32. The van der Waals surface area contributed by atoms with Gasteiger partial charge in [-0.25, -0.2) is 0 Å². The van der Waals surface area contributed by atoms with Crippen molar-refractivity contribution in [1.82, 2.24) is 5.32 Å². The number of hydrogen-bond acceptors (Lipinski definition) is 3. The van der Waals surface area contributed by atoms with Gasteiger partial charge in [0.25, 0.3) is 0 Å². The lowest BCUT2D eigenvalue weighted by molar-refractivity contribution is 0.0999. The van der Waals surface area contributed by atoms with Crippen LogP contribution in [0.1, 0.15) is 21.5 Å². The van der Waals surface area contributed by atoms with Gasteiger partial charge in [-0.2, -0.15) is 0 Å². The summed E-state index contributed by atoms with van der Waals surface area (Å²) in [6.45, 7) is 8.05. The molecule has 108 valence electrons. The van der Waals surface area contributed by atoms with Crippen LogP contribution in [-0.2, 0) is 0 Å². The summed E-state index contributed by atoms with van der Waals surface area (Å²) in [6.07, 6.45) is 0. The molecule has 0 aliphatic carbocycles. The lowest BCUT2D eigenvalue weighted by Crippen LogP contribution is -2.43. The predicted molar refractivity (Wildman–Crippen MR) is 84.0 cm³/mol. The lowest BCUT2D eigenvalue weighted by Gasteiger charge is -2.31. The lowest BCUT2D eigenvalue weighted by atomic mass is 10.00. The molecule has 1 aliphatic heterocycles. The Hall–Kier alpha value is -0.970. The van der Waals surface area contributed by atoms with E-state index < -0.39 is 0 Å². The summed E-state index contributed by atoms with van der Waals surface area (Å²) in [5.74, 6) is -0.350. The molecule has 1 aliphatic rings. The van der Waals surface area contributed by atoms with Crippen molar-refractivity contribution in [2.75, 3.05) is 31.1 Å². The van der Waals surface area contributed by atoms with Crippen LogP contribution in [-0.4, -0.2) is 32.1 Å². The van der Waals surface area contributed by atoms with Gasteiger partial charge >= 0.3 is 0 Å². The van der Waals surface area contributed by atoms with Crippen molar-refractivity contribution in [1.29, 1.82) is 0 Å². The fraction of sp³-hybridized carbons (Fsp3) is 0.462. The summed E-state index contributed by atoms with van der Waals surface area (Å²) in [5.41, 5.74) is 9.34. The molecule has 0 atom stereocenters. The van der Waals surface area contributed by atoms with Crippen LogP contribution in [0, 0.1) is 13.8 Å². The molecular weight excluding hydrogens is 285 g/mol. The number of anilines is 1. The van der Waals surface area contributed by atoms with Gasteiger partial charge in [0.2, 0.25) is 5.91 Å². The van der Waals surface area contributed by atoms with E-state index in [1.165, 1.54) is 5.69 Å². The Bertz CT molecular complexity index is 446. The third-order valence-corrected chi connectivity index (χ3v) is 3.48. The van der Waals surface area contributed by atoms with E-state index in [1.54, 1.807) is 0 Å². The van der Waals surface area contributed by atoms with Gasteiger partial charge in [0, 0.05) is 37.4 Å². The highest BCUT2D eigenvalue weighted by molar-refractivity contribution is 5.95. The maximum atomic E-state index is 11.3. The van der Waals surface area contributed by atoms with E-state index in [4.69, 9.17) is 5.73 Å². The first kappa shape index (κ1) is 18.0. The molecule has 1 aromatic rings. The van der Waals surface area contributed by atoms with Gasteiger partial charge in [0.05, 0.1) is 0 Å². The number of carbonyl (C=O) groups is 1. The number of piperazine rings is 1. The molecule has 4 nitrogen and oxygen atoms in total. The van der Waals surface area contributed by atoms with Crippen LogP contribution in [0.15, 0.2) is 12.1 Å². The third-order valence-electron chi connectivity index (χ3n) is 3.48. The molecule has 6 heteroatoms. The number of carbonyl (C=O) groups excluding carboxylic acids is 1. The molecule has 1 saturated heterocycles. The third kappa shape index (κ3) is 3.75. The Morgan fingerprint density at radius 1 is 1.16 bits per heavy atom. The van der Waals surface area contributed by atoms with Crippen LogP contribution in [0.4, 0.5) is 5.69 Å². The second-order valence-electron chi connectivity index (χ2n) is 4.48. The molecule has 2 rings (SSSR count). The van der Waals surface area contributed by atoms with Gasteiger partial charge in [0.15, 0.2) is 0 Å². The Morgan fingerprint density at radius 2 is 1.74 bits per heavy atom. The Kier molecular flexibility index (Phi) is 7.19. The first-order valence-electron chi connectivity index (χ1n) is 5.97. The molecule has 0 aromatic heterocycles. The second kappa shape index (κ2) is 7.58. The van der Waals surface area contributed by atoms with Crippen LogP contribution in [0.2, 0.25) is 0 Å². The zero-order chi connectivity index (χ0) is 12.4. The maximum absolute atomic E-state index is 11.3. The van der Waals surface area contributed by atoms with Crippen molar-refractivity contribution in [2.45, 2.75) is 13.8 Å². The highest BCUT2D eigenvalue weighted by Crippen LogP contribution is 2.25. The van der Waals surface area contributed by atoms with E-state index in [9.17, 15) is 4.79 Å². The van der Waals surface area contributed by atoms with Crippen LogP contribution < -0.4 is 16.0 Å². The normalized spacial score (nSPS) is 14.3. The van der Waals surface area contributed by atoms with E-state index in [-0.39, 0.29) is 30.7 Å². The summed E-state index contributed by atoms with van der Waals surface area (Å²) in [4.78, 5) is 13.6. The van der Waals surface area contributed by atoms with Crippen LogP contribution >= 0.6 is 24.8 Å². The molecule has 0 spiro atoms. The number of halogens is 2. The number of nitrogens with one attached hydrogen (secondary N) is 1. The van der Waals surface area contributed by atoms with Gasteiger partial charge in [-0.05, 0) is 37.1 Å². The van der Waals surface area contributed by atoms with Crippen LogP contribution in [0.3, 0.4) is 0 Å². The summed E-state index contributed by atoms with van der Waals surface area (Å²) >= 11 is 0. The van der Waals surface area contributed by atoms with Crippen molar-refractivity contribution in [3.8, 4) is 0 Å². The molecule has 0 saturated carbocycles. The minimum atomic E-state index is -0.350. The molecule has 1 amide bonds. The number of benzene rings is 1. The average Bonchev–Trinajstić information content (AvgIpc) is 2.33. The quantitative estimate of drug-likeness (QED) is 0.873. The molecule has 0 radical (unpaired) electrons. The molecule has 0 unspecified atom stereocenters. The summed E-state index contributed by atoms with van der Waals surface area (Å²) in [7, 11) is 0. The Morgan fingerprint density at radius 3 is 2.26 bits per heavy atom. The monoisotopic (exact) mass is 305 g/mol. The van der Waals surface area contributed by atoms with Crippen LogP contribution in [0.5, 0.6) is 0 Å². The van der Waals surface area contributed by atoms with Gasteiger partial charge in [-0.3, -0.25) is 4.79 Å². The Labute approximate surface area is 126 Å². The standard InChI is InChI=1S/C13H19N3O.2ClH/c1-9-10(2)12(4-3-11(9)13(14)17)16-7-5-15-6-8-16;;/h3-4,15H,5-8H2,1-2H3,(H2,14,17);2*1H. The number of hydrogen-bond donors (Lipinski definition) is 2. The van der Waals surface area contributed by atoms with Crippen molar-refractivity contribution < 1.29 is 4.79 Å². The van der Waals surface area contributed by atoms with Gasteiger partial charge in [-0.1, -0.05) is 0 Å². The average molecular weight is 306 g/mol. The maximum Gasteiger partial charge on any atom is 0.248 e. The molecule has 19 heavy (non-hydrogen) atoms. The van der Waals surface area contributed by atoms with Crippen molar-refractivity contribution in [3.63, 3.8) is 0 Å². The first-order valence-corrected chi connectivity index (χ1v) is 5.97. The van der Waals surface area contributed by atoms with E-state index >= 15 is 0 Å². The van der Waals surface area contributed by atoms with E-state index in [0.29, 0.717) is 5.56 Å². The number of rotatable bonds is 2. The summed E-state index contributed by atoms with van der Waals surface area (Å²) < 4.78 is 0. The number of nitrogens with zero attached hydrogens (tertiary/aromatic N) is 1. The first-order chi connectivity index (χ1) is 8.11. The molecule has 0 bridgehead atoms. The summed E-state index contributed by atoms with van der Waals surface area (Å²) in [6, 6.07) is 3.84. The second-order valence-corrected chi connectivity index (χ2v) is 4.48. The Balaban J connectivity index is 0.00000162. The van der Waals surface area contributed by atoms with E-state index in [0.717, 1.165) is 37.3 Å². The minimum absolute atomic E-state index is 0. The highest BCUT2D eigenvalue weighted by atomic mass is 35.5. The molecule has 3 N–H and O–H groups in total. The largest absolute Gasteiger partial charge is 0.369 e. The zero-order valence-corrected chi connectivity index (χ0v) is 12.9. The zero-order valence-electron chi connectivity index (χ0n) is 11.2. The number of primary amides is 1. The van der Waals surface area contributed by atoms with E-state index in [2.05, 4.69) is 17.1 Å². The van der Waals surface area contributed by atoms with Crippen molar-refractivity contribution in [3.05, 3.63) is 28.8 Å². The predicted octanol–water partition coefficient (Wildman–Crippen LogP) is 1.66. The van der Waals surface area contributed by atoms with Gasteiger partial charge in [-0.15, -0.1) is 24.8 Å². The molecule has 1 fully saturated rings. The SMILES string of the molecule is Cc1c(C(N)=O)ccc(N2CCNCC2)c1C.Cl.Cl. The van der Waals surface area contributed by atoms with Gasteiger partial charge < -0.3 is 16.0 Å². The molecule has 1 aromatic carbocycles. The summed E-state index contributed by atoms with van der Waals surface area (Å²) in [5, 5.41) is 3.33. The van der Waals surface area contributed by atoms with Crippen molar-refractivity contribution in [2.24, 2.45) is 5.73 Å². The van der Waals surface area contributed by atoms with E-state index in [1.807, 2.05) is 19.1 Å². The topological polar surface area (TPSA) is 58.4 Å². The number of nitrogens with two attached hydrogens (primary N) is 1. The smallest absolute Gasteiger partial charge is 0.248 e. The van der Waals surface area contributed by atoms with Gasteiger partial charge in [0.1, 0.15) is 0 Å². The van der Waals surface area contributed by atoms with Crippen LogP contribution in [0.25, 0.3) is 0 Å². The number of amides is 1. The highest BCUT2D eigenvalue weighted by Gasteiger charge is 2.16. The fourth-order valence-electron chi connectivity index (χ4n) is 2.32. The minimum Gasteiger partial charge on any atom is -0.369 e. The molecular formula is C13H21Cl2N3O. The van der Waals surface area contributed by atoms with Crippen molar-refractivity contribution >= 4 is 36.4 Å². The molecule has 1 heterocycles.